The molecule has 6 nitrogen and oxygen atoms in total. The number of hydrogen-bond donors (Lipinski definition) is 2. The summed E-state index contributed by atoms with van der Waals surface area (Å²) in [4.78, 5) is 20.5. The molecule has 3 rings (SSSR count). The van der Waals surface area contributed by atoms with E-state index in [-0.39, 0.29) is 6.03 Å². The second-order valence-corrected chi connectivity index (χ2v) is 5.83. The first-order chi connectivity index (χ1) is 12.2. The van der Waals surface area contributed by atoms with Gasteiger partial charge in [0.05, 0.1) is 0 Å². The van der Waals surface area contributed by atoms with Gasteiger partial charge < -0.3 is 15.2 Å². The Hall–Kier alpha value is -2.86. The Morgan fingerprint density at radius 1 is 1.04 bits per heavy atom. The third-order valence-electron chi connectivity index (χ3n) is 3.61. The quantitative estimate of drug-likeness (QED) is 0.713. The fourth-order valence-corrected chi connectivity index (χ4v) is 2.48. The number of hydrogen-bond acceptors (Lipinski definition) is 3. The molecule has 1 aromatic carbocycles. The van der Waals surface area contributed by atoms with Gasteiger partial charge in [-0.2, -0.15) is 0 Å². The lowest BCUT2D eigenvalue weighted by atomic mass is 10.2. The lowest BCUT2D eigenvalue weighted by Gasteiger charge is -2.10. The minimum absolute atomic E-state index is 0.213. The van der Waals surface area contributed by atoms with Crippen LogP contribution in [0.1, 0.15) is 5.56 Å². The summed E-state index contributed by atoms with van der Waals surface area (Å²) in [5, 5.41) is 6.33. The standard InChI is InChI=1S/C18H18ClN5O/c19-15-6-4-14(5-7-15)13-23-18(25)22-10-12-24-11-9-21-17(24)16-3-1-2-8-20-16/h1-9,11H,10,12-13H2,(H2,22,23,25). The van der Waals surface area contributed by atoms with E-state index in [1.807, 2.05) is 41.1 Å². The van der Waals surface area contributed by atoms with E-state index in [0.717, 1.165) is 17.1 Å². The Morgan fingerprint density at radius 2 is 1.88 bits per heavy atom. The molecule has 2 heterocycles. The molecule has 0 aliphatic rings. The van der Waals surface area contributed by atoms with E-state index in [0.29, 0.717) is 24.7 Å². The molecule has 7 heteroatoms. The maximum Gasteiger partial charge on any atom is 0.315 e. The predicted octanol–water partition coefficient (Wildman–Crippen LogP) is 3.10. The zero-order valence-electron chi connectivity index (χ0n) is 13.5. The summed E-state index contributed by atoms with van der Waals surface area (Å²) in [7, 11) is 0. The Bertz CT molecular complexity index is 817. The number of urea groups is 1. The van der Waals surface area contributed by atoms with Crippen LogP contribution in [0.4, 0.5) is 4.79 Å². The normalized spacial score (nSPS) is 10.4. The van der Waals surface area contributed by atoms with Gasteiger partial charge in [-0.25, -0.2) is 9.78 Å². The van der Waals surface area contributed by atoms with Crippen molar-refractivity contribution in [1.29, 1.82) is 0 Å². The van der Waals surface area contributed by atoms with Gasteiger partial charge in [0.15, 0.2) is 5.82 Å². The minimum atomic E-state index is -0.213. The van der Waals surface area contributed by atoms with Crippen LogP contribution in [0.3, 0.4) is 0 Å². The molecule has 0 aliphatic carbocycles. The summed E-state index contributed by atoms with van der Waals surface area (Å²) in [5.74, 6) is 0.781. The number of carbonyl (C=O) groups excluding carboxylic acids is 1. The zero-order chi connectivity index (χ0) is 17.5. The summed E-state index contributed by atoms with van der Waals surface area (Å²) >= 11 is 5.84. The van der Waals surface area contributed by atoms with E-state index in [2.05, 4.69) is 20.6 Å². The molecule has 0 fully saturated rings. The van der Waals surface area contributed by atoms with Crippen molar-refractivity contribution in [2.24, 2.45) is 0 Å². The summed E-state index contributed by atoms with van der Waals surface area (Å²) in [6, 6.07) is 12.8. The average Bonchev–Trinajstić information content (AvgIpc) is 3.10. The van der Waals surface area contributed by atoms with Gasteiger partial charge in [0.2, 0.25) is 0 Å². The largest absolute Gasteiger partial charge is 0.336 e. The maximum atomic E-state index is 11.9. The first kappa shape index (κ1) is 17.0. The molecule has 0 saturated heterocycles. The summed E-state index contributed by atoms with van der Waals surface area (Å²) < 4.78 is 1.96. The van der Waals surface area contributed by atoms with Crippen LogP contribution >= 0.6 is 11.6 Å². The van der Waals surface area contributed by atoms with Gasteiger partial charge in [-0.05, 0) is 29.8 Å². The summed E-state index contributed by atoms with van der Waals surface area (Å²) in [5.41, 5.74) is 1.80. The topological polar surface area (TPSA) is 71.8 Å². The lowest BCUT2D eigenvalue weighted by molar-refractivity contribution is 0.240. The number of carbonyl (C=O) groups is 1. The van der Waals surface area contributed by atoms with E-state index in [9.17, 15) is 4.79 Å². The van der Waals surface area contributed by atoms with Gasteiger partial charge in [-0.15, -0.1) is 0 Å². The highest BCUT2D eigenvalue weighted by Crippen LogP contribution is 2.13. The first-order valence-electron chi connectivity index (χ1n) is 7.91. The van der Waals surface area contributed by atoms with Gasteiger partial charge in [-0.1, -0.05) is 29.8 Å². The van der Waals surface area contributed by atoms with Crippen LogP contribution in [0.15, 0.2) is 61.1 Å². The number of aromatic nitrogens is 3. The van der Waals surface area contributed by atoms with Gasteiger partial charge in [0, 0.05) is 43.2 Å². The number of imidazole rings is 1. The highest BCUT2D eigenvalue weighted by Gasteiger charge is 2.07. The molecule has 2 N–H and O–H groups in total. The molecule has 2 amide bonds. The smallest absolute Gasteiger partial charge is 0.315 e. The molecule has 25 heavy (non-hydrogen) atoms. The van der Waals surface area contributed by atoms with Crippen molar-refractivity contribution in [1.82, 2.24) is 25.2 Å². The third kappa shape index (κ3) is 4.81. The third-order valence-corrected chi connectivity index (χ3v) is 3.87. The number of nitrogens with zero attached hydrogens (tertiary/aromatic N) is 3. The molecule has 0 radical (unpaired) electrons. The second kappa shape index (κ2) is 8.30. The van der Waals surface area contributed by atoms with Crippen LogP contribution < -0.4 is 10.6 Å². The van der Waals surface area contributed by atoms with E-state index in [1.54, 1.807) is 24.5 Å². The van der Waals surface area contributed by atoms with Crippen LogP contribution in [-0.4, -0.2) is 27.1 Å². The van der Waals surface area contributed by atoms with E-state index in [1.165, 1.54) is 0 Å². The van der Waals surface area contributed by atoms with Crippen LogP contribution in [0.2, 0.25) is 5.02 Å². The first-order valence-corrected chi connectivity index (χ1v) is 8.29. The molecule has 0 unspecified atom stereocenters. The number of nitrogens with one attached hydrogen (secondary N) is 2. The number of halogens is 1. The molecular formula is C18H18ClN5O. The van der Waals surface area contributed by atoms with Crippen molar-refractivity contribution in [2.45, 2.75) is 13.1 Å². The highest BCUT2D eigenvalue weighted by atomic mass is 35.5. The fourth-order valence-electron chi connectivity index (χ4n) is 2.35. The van der Waals surface area contributed by atoms with E-state index < -0.39 is 0 Å². The van der Waals surface area contributed by atoms with Gasteiger partial charge in [-0.3, -0.25) is 4.98 Å². The molecule has 128 valence electrons. The maximum absolute atomic E-state index is 11.9. The van der Waals surface area contributed by atoms with E-state index in [4.69, 9.17) is 11.6 Å². The number of rotatable bonds is 6. The van der Waals surface area contributed by atoms with Gasteiger partial charge in [0.1, 0.15) is 5.69 Å². The fraction of sp³-hybridized carbons (Fsp3) is 0.167. The zero-order valence-corrected chi connectivity index (χ0v) is 14.3. The van der Waals surface area contributed by atoms with Crippen molar-refractivity contribution >= 4 is 17.6 Å². The summed E-state index contributed by atoms with van der Waals surface area (Å²) in [6.07, 6.45) is 5.33. The van der Waals surface area contributed by atoms with Crippen molar-refractivity contribution < 1.29 is 4.79 Å². The minimum Gasteiger partial charge on any atom is -0.336 e. The van der Waals surface area contributed by atoms with Crippen molar-refractivity contribution in [3.05, 3.63) is 71.6 Å². The Kier molecular flexibility index (Phi) is 5.64. The van der Waals surface area contributed by atoms with Gasteiger partial charge >= 0.3 is 6.03 Å². The SMILES string of the molecule is O=C(NCCn1ccnc1-c1ccccn1)NCc1ccc(Cl)cc1. The van der Waals surface area contributed by atoms with Crippen LogP contribution in [0, 0.1) is 0 Å². The Labute approximate surface area is 150 Å². The Balaban J connectivity index is 1.46. The number of amides is 2. The number of pyridine rings is 1. The molecule has 3 aromatic rings. The molecular weight excluding hydrogens is 338 g/mol. The van der Waals surface area contributed by atoms with Crippen LogP contribution in [0.25, 0.3) is 11.5 Å². The average molecular weight is 356 g/mol. The van der Waals surface area contributed by atoms with Crippen molar-refractivity contribution in [3.8, 4) is 11.5 Å². The number of benzene rings is 1. The van der Waals surface area contributed by atoms with E-state index >= 15 is 0 Å². The molecule has 0 aliphatic heterocycles. The predicted molar refractivity (Wildman–Crippen MR) is 97.1 cm³/mol. The molecule has 2 aromatic heterocycles. The molecule has 0 atom stereocenters. The second-order valence-electron chi connectivity index (χ2n) is 5.40. The Morgan fingerprint density at radius 3 is 2.64 bits per heavy atom. The highest BCUT2D eigenvalue weighted by molar-refractivity contribution is 6.30. The summed E-state index contributed by atoms with van der Waals surface area (Å²) in [6.45, 7) is 1.55. The molecule has 0 saturated carbocycles. The van der Waals surface area contributed by atoms with Crippen molar-refractivity contribution in [2.75, 3.05) is 6.54 Å². The lowest BCUT2D eigenvalue weighted by Crippen LogP contribution is -2.36. The monoisotopic (exact) mass is 355 g/mol. The molecule has 0 bridgehead atoms. The van der Waals surface area contributed by atoms with Crippen molar-refractivity contribution in [3.63, 3.8) is 0 Å². The van der Waals surface area contributed by atoms with Crippen LogP contribution in [0.5, 0.6) is 0 Å². The molecule has 0 spiro atoms. The van der Waals surface area contributed by atoms with Gasteiger partial charge in [0.25, 0.3) is 0 Å². The van der Waals surface area contributed by atoms with Crippen LogP contribution in [-0.2, 0) is 13.1 Å².